The number of para-hydroxylation sites is 1. The van der Waals surface area contributed by atoms with Crippen molar-refractivity contribution in [2.45, 2.75) is 26.7 Å². The van der Waals surface area contributed by atoms with Crippen molar-refractivity contribution >= 4 is 15.7 Å². The summed E-state index contributed by atoms with van der Waals surface area (Å²) in [5, 5.41) is 3.15. The molecule has 4 nitrogen and oxygen atoms in total. The van der Waals surface area contributed by atoms with E-state index in [1.807, 2.05) is 6.92 Å². The minimum Gasteiger partial charge on any atom is -0.317 e. The van der Waals surface area contributed by atoms with Gasteiger partial charge in [-0.2, -0.15) is 0 Å². The summed E-state index contributed by atoms with van der Waals surface area (Å²) < 4.78 is 39.5. The zero-order valence-electron chi connectivity index (χ0n) is 12.1. The summed E-state index contributed by atoms with van der Waals surface area (Å²) in [4.78, 5) is 0. The molecular weight excluding hydrogens is 279 g/mol. The minimum absolute atomic E-state index is 0.0422. The first-order chi connectivity index (χ1) is 9.53. The van der Waals surface area contributed by atoms with Crippen molar-refractivity contribution < 1.29 is 12.8 Å². The number of rotatable bonds is 9. The molecule has 0 bridgehead atoms. The van der Waals surface area contributed by atoms with E-state index in [0.29, 0.717) is 6.42 Å². The van der Waals surface area contributed by atoms with Crippen molar-refractivity contribution in [3.05, 3.63) is 30.1 Å². The van der Waals surface area contributed by atoms with Crippen LogP contribution in [0, 0.1) is 5.82 Å². The molecule has 0 amide bonds. The van der Waals surface area contributed by atoms with E-state index in [1.165, 1.54) is 12.1 Å². The maximum Gasteiger partial charge on any atom is 0.235 e. The van der Waals surface area contributed by atoms with Crippen molar-refractivity contribution in [3.63, 3.8) is 0 Å². The average Bonchev–Trinajstić information content (AvgIpc) is 2.41. The standard InChI is InChI=1S/C14H23FN2O2S/c1-3-16-11-7-8-12-20(18,19)17(4-2)14-10-6-5-9-13(14)15/h5-6,9-10,16H,3-4,7-8,11-12H2,1-2H3. The van der Waals surface area contributed by atoms with Gasteiger partial charge in [0, 0.05) is 6.54 Å². The number of hydrogen-bond acceptors (Lipinski definition) is 3. The van der Waals surface area contributed by atoms with Gasteiger partial charge in [-0.15, -0.1) is 0 Å². The van der Waals surface area contributed by atoms with Gasteiger partial charge in [0.25, 0.3) is 0 Å². The molecule has 0 heterocycles. The maximum absolute atomic E-state index is 13.7. The van der Waals surface area contributed by atoms with Crippen molar-refractivity contribution in [2.75, 3.05) is 29.7 Å². The van der Waals surface area contributed by atoms with Crippen LogP contribution in [0.1, 0.15) is 26.7 Å². The second kappa shape index (κ2) is 8.21. The van der Waals surface area contributed by atoms with E-state index in [1.54, 1.807) is 19.1 Å². The lowest BCUT2D eigenvalue weighted by Crippen LogP contribution is -2.33. The molecule has 1 aromatic carbocycles. The maximum atomic E-state index is 13.7. The number of nitrogens with one attached hydrogen (secondary N) is 1. The summed E-state index contributed by atoms with van der Waals surface area (Å²) in [6.07, 6.45) is 1.36. The van der Waals surface area contributed by atoms with Crippen LogP contribution >= 0.6 is 0 Å². The Morgan fingerprint density at radius 1 is 1.20 bits per heavy atom. The first-order valence-corrected chi connectivity index (χ1v) is 8.59. The summed E-state index contributed by atoms with van der Waals surface area (Å²) in [6, 6.07) is 5.96. The number of unbranched alkanes of at least 4 members (excludes halogenated alkanes) is 1. The fourth-order valence-corrected chi connectivity index (χ4v) is 3.62. The van der Waals surface area contributed by atoms with E-state index in [2.05, 4.69) is 5.32 Å². The van der Waals surface area contributed by atoms with E-state index < -0.39 is 15.8 Å². The van der Waals surface area contributed by atoms with E-state index >= 15 is 0 Å². The van der Waals surface area contributed by atoms with Gasteiger partial charge in [-0.05, 0) is 45.0 Å². The fraction of sp³-hybridized carbons (Fsp3) is 0.571. The van der Waals surface area contributed by atoms with Crippen LogP contribution in [0.2, 0.25) is 0 Å². The third-order valence-electron chi connectivity index (χ3n) is 3.00. The summed E-state index contributed by atoms with van der Waals surface area (Å²) in [5.41, 5.74) is 0.127. The van der Waals surface area contributed by atoms with Gasteiger partial charge in [0.1, 0.15) is 5.82 Å². The van der Waals surface area contributed by atoms with Crippen molar-refractivity contribution in [3.8, 4) is 0 Å². The lowest BCUT2D eigenvalue weighted by atomic mass is 10.3. The molecule has 0 spiro atoms. The number of anilines is 1. The Hall–Kier alpha value is -1.14. The number of sulfonamides is 1. The second-order valence-electron chi connectivity index (χ2n) is 4.49. The van der Waals surface area contributed by atoms with Gasteiger partial charge < -0.3 is 5.32 Å². The number of hydrogen-bond donors (Lipinski definition) is 1. The first-order valence-electron chi connectivity index (χ1n) is 6.98. The third-order valence-corrected chi connectivity index (χ3v) is 4.93. The lowest BCUT2D eigenvalue weighted by Gasteiger charge is -2.23. The normalized spacial score (nSPS) is 11.6. The molecule has 1 N–H and O–H groups in total. The van der Waals surface area contributed by atoms with E-state index in [9.17, 15) is 12.8 Å². The quantitative estimate of drug-likeness (QED) is 0.713. The molecule has 0 aromatic heterocycles. The number of benzene rings is 1. The van der Waals surface area contributed by atoms with Crippen molar-refractivity contribution in [1.29, 1.82) is 0 Å². The molecule has 0 fully saturated rings. The Bertz CT molecular complexity index is 506. The van der Waals surface area contributed by atoms with Crippen LogP contribution in [-0.4, -0.2) is 33.8 Å². The van der Waals surface area contributed by atoms with E-state index in [-0.39, 0.29) is 18.0 Å². The van der Waals surface area contributed by atoms with Gasteiger partial charge in [0.2, 0.25) is 10.0 Å². The molecule has 0 unspecified atom stereocenters. The Kier molecular flexibility index (Phi) is 6.95. The van der Waals surface area contributed by atoms with Crippen LogP contribution in [0.25, 0.3) is 0 Å². The van der Waals surface area contributed by atoms with Gasteiger partial charge in [0.05, 0.1) is 11.4 Å². The highest BCUT2D eigenvalue weighted by Crippen LogP contribution is 2.22. The topological polar surface area (TPSA) is 49.4 Å². The summed E-state index contributed by atoms with van der Waals surface area (Å²) in [5.74, 6) is -0.466. The molecule has 0 aliphatic heterocycles. The Morgan fingerprint density at radius 3 is 2.50 bits per heavy atom. The highest BCUT2D eigenvalue weighted by atomic mass is 32.2. The van der Waals surface area contributed by atoms with Crippen LogP contribution in [0.3, 0.4) is 0 Å². The molecule has 1 aromatic rings. The SMILES string of the molecule is CCNCCCCS(=O)(=O)N(CC)c1ccccc1F. The van der Waals surface area contributed by atoms with Crippen molar-refractivity contribution in [2.24, 2.45) is 0 Å². The molecule has 0 atom stereocenters. The zero-order valence-corrected chi connectivity index (χ0v) is 12.9. The summed E-state index contributed by atoms with van der Waals surface area (Å²) in [6.45, 7) is 5.63. The van der Waals surface area contributed by atoms with Crippen LogP contribution in [-0.2, 0) is 10.0 Å². The molecule has 20 heavy (non-hydrogen) atoms. The molecule has 0 aliphatic carbocycles. The fourth-order valence-electron chi connectivity index (χ4n) is 1.99. The Morgan fingerprint density at radius 2 is 1.90 bits per heavy atom. The summed E-state index contributed by atoms with van der Waals surface area (Å²) in [7, 11) is -3.47. The van der Waals surface area contributed by atoms with Crippen molar-refractivity contribution in [1.82, 2.24) is 5.32 Å². The Labute approximate surface area is 121 Å². The largest absolute Gasteiger partial charge is 0.317 e. The van der Waals surface area contributed by atoms with Crippen LogP contribution < -0.4 is 9.62 Å². The van der Waals surface area contributed by atoms with Gasteiger partial charge in [-0.25, -0.2) is 12.8 Å². The van der Waals surface area contributed by atoms with E-state index in [0.717, 1.165) is 23.8 Å². The molecule has 0 aliphatic rings. The molecule has 0 saturated carbocycles. The zero-order chi connectivity index (χ0) is 15.0. The molecule has 114 valence electrons. The molecule has 0 saturated heterocycles. The van der Waals surface area contributed by atoms with Crippen LogP contribution in [0.4, 0.5) is 10.1 Å². The van der Waals surface area contributed by atoms with Crippen LogP contribution in [0.5, 0.6) is 0 Å². The van der Waals surface area contributed by atoms with E-state index in [4.69, 9.17) is 0 Å². The van der Waals surface area contributed by atoms with Gasteiger partial charge in [0.15, 0.2) is 0 Å². The van der Waals surface area contributed by atoms with Gasteiger partial charge in [-0.1, -0.05) is 19.1 Å². The van der Waals surface area contributed by atoms with Gasteiger partial charge in [-0.3, -0.25) is 4.31 Å². The van der Waals surface area contributed by atoms with Crippen LogP contribution in [0.15, 0.2) is 24.3 Å². The predicted octanol–water partition coefficient (Wildman–Crippen LogP) is 2.37. The van der Waals surface area contributed by atoms with Gasteiger partial charge >= 0.3 is 0 Å². The molecule has 0 radical (unpaired) electrons. The minimum atomic E-state index is -3.47. The molecule has 6 heteroatoms. The average molecular weight is 302 g/mol. The number of halogens is 1. The molecular formula is C14H23FN2O2S. The lowest BCUT2D eigenvalue weighted by molar-refractivity contribution is 0.580. The highest BCUT2D eigenvalue weighted by molar-refractivity contribution is 7.92. The second-order valence-corrected chi connectivity index (χ2v) is 6.51. The third kappa shape index (κ3) is 4.76. The predicted molar refractivity (Wildman–Crippen MR) is 81.0 cm³/mol. The summed E-state index contributed by atoms with van der Waals surface area (Å²) >= 11 is 0. The highest BCUT2D eigenvalue weighted by Gasteiger charge is 2.22. The smallest absolute Gasteiger partial charge is 0.235 e. The Balaban J connectivity index is 2.71. The monoisotopic (exact) mass is 302 g/mol. The first kappa shape index (κ1) is 16.9. The molecule has 1 rings (SSSR count). The number of nitrogens with zero attached hydrogens (tertiary/aromatic N) is 1.